The van der Waals surface area contributed by atoms with E-state index in [1.54, 1.807) is 22.3 Å². The molecule has 2 nitrogen and oxygen atoms in total. The summed E-state index contributed by atoms with van der Waals surface area (Å²) in [4.78, 5) is 6.05. The van der Waals surface area contributed by atoms with Crippen molar-refractivity contribution in [3.8, 4) is 0 Å². The van der Waals surface area contributed by atoms with Gasteiger partial charge >= 0.3 is 0 Å². The van der Waals surface area contributed by atoms with Gasteiger partial charge in [0.15, 0.2) is 0 Å². The van der Waals surface area contributed by atoms with Crippen molar-refractivity contribution in [2.75, 3.05) is 21.1 Å². The zero-order valence-corrected chi connectivity index (χ0v) is 19.6. The fourth-order valence-electron chi connectivity index (χ4n) is 5.32. The molecule has 0 fully saturated rings. The first-order chi connectivity index (χ1) is 11.8. The maximum Gasteiger partial charge on any atom is 0.130 e. The minimum Gasteiger partial charge on any atom is -0.377 e. The number of hydrogen-bond donors (Lipinski definition) is 1. The third-order valence-electron chi connectivity index (χ3n) is 7.21. The Hall–Kier alpha value is -1.06. The number of hydrogen-bond acceptors (Lipinski definition) is 2. The van der Waals surface area contributed by atoms with Crippen LogP contribution in [-0.2, 0) is 10.8 Å². The Balaban J connectivity index is 2.33. The standard InChI is InChI=1S/C23H38N2Si/c1-15-20(25(7)8)16-13-18-19(23(4,5)12-11-22(18,2)3)14-17(16)21(15)26(9,10)24-6/h13-14,21,24H,11-12H2,1-10H3. The van der Waals surface area contributed by atoms with Crippen LogP contribution >= 0.6 is 0 Å². The molecular weight excluding hydrogens is 332 g/mol. The summed E-state index contributed by atoms with van der Waals surface area (Å²) >= 11 is 0. The second kappa shape index (κ2) is 5.97. The predicted molar refractivity (Wildman–Crippen MR) is 117 cm³/mol. The monoisotopic (exact) mass is 370 g/mol. The van der Waals surface area contributed by atoms with Crippen molar-refractivity contribution in [3.05, 3.63) is 40.0 Å². The van der Waals surface area contributed by atoms with E-state index in [1.807, 2.05) is 0 Å². The van der Waals surface area contributed by atoms with Crippen LogP contribution < -0.4 is 4.98 Å². The highest BCUT2D eigenvalue weighted by Gasteiger charge is 2.44. The van der Waals surface area contributed by atoms with Crippen molar-refractivity contribution < 1.29 is 0 Å². The van der Waals surface area contributed by atoms with Crippen LogP contribution in [0.5, 0.6) is 0 Å². The van der Waals surface area contributed by atoms with Crippen LogP contribution in [0.2, 0.25) is 13.1 Å². The van der Waals surface area contributed by atoms with E-state index in [-0.39, 0.29) is 10.8 Å². The average Bonchev–Trinajstić information content (AvgIpc) is 2.82. The fraction of sp³-hybridized carbons (Fsp3) is 0.652. The molecule has 0 bridgehead atoms. The van der Waals surface area contributed by atoms with Crippen molar-refractivity contribution in [2.24, 2.45) is 0 Å². The van der Waals surface area contributed by atoms with Crippen molar-refractivity contribution >= 4 is 13.9 Å². The summed E-state index contributed by atoms with van der Waals surface area (Å²) in [5.74, 6) is 0. The summed E-state index contributed by atoms with van der Waals surface area (Å²) in [6.07, 6.45) is 2.54. The van der Waals surface area contributed by atoms with Crippen LogP contribution in [0.1, 0.15) is 75.3 Å². The van der Waals surface area contributed by atoms with E-state index in [4.69, 9.17) is 0 Å². The van der Waals surface area contributed by atoms with Crippen LogP contribution in [-0.4, -0.2) is 34.3 Å². The predicted octanol–water partition coefficient (Wildman–Crippen LogP) is 5.39. The SMILES string of the molecule is CN[Si](C)(C)C1C(C)=C(N(C)C)c2cc3c(cc21)C(C)(C)CCC3(C)C. The molecule has 1 aromatic rings. The van der Waals surface area contributed by atoms with E-state index < -0.39 is 8.24 Å². The highest BCUT2D eigenvalue weighted by Crippen LogP contribution is 2.52. The number of allylic oxidation sites excluding steroid dienone is 1. The van der Waals surface area contributed by atoms with Gasteiger partial charge in [-0.05, 0) is 66.0 Å². The lowest BCUT2D eigenvalue weighted by Crippen LogP contribution is -2.48. The van der Waals surface area contributed by atoms with E-state index in [2.05, 4.69) is 90.9 Å². The van der Waals surface area contributed by atoms with Crippen LogP contribution in [0, 0.1) is 0 Å². The zero-order chi connectivity index (χ0) is 19.7. The van der Waals surface area contributed by atoms with E-state index >= 15 is 0 Å². The molecule has 3 rings (SSSR count). The Morgan fingerprint density at radius 2 is 1.50 bits per heavy atom. The van der Waals surface area contributed by atoms with E-state index in [9.17, 15) is 0 Å². The minimum absolute atomic E-state index is 0.263. The van der Waals surface area contributed by atoms with E-state index in [0.717, 1.165) is 0 Å². The van der Waals surface area contributed by atoms with Gasteiger partial charge in [0.25, 0.3) is 0 Å². The van der Waals surface area contributed by atoms with Crippen LogP contribution in [0.3, 0.4) is 0 Å². The first-order valence-electron chi connectivity index (χ1n) is 10.1. The largest absolute Gasteiger partial charge is 0.377 e. The molecule has 0 spiro atoms. The Bertz CT molecular complexity index is 769. The second-order valence-electron chi connectivity index (χ2n) is 10.6. The molecule has 0 saturated heterocycles. The summed E-state index contributed by atoms with van der Waals surface area (Å²) in [6, 6.07) is 5.16. The van der Waals surface area contributed by atoms with Gasteiger partial charge in [0, 0.05) is 30.9 Å². The van der Waals surface area contributed by atoms with Gasteiger partial charge in [0.1, 0.15) is 8.24 Å². The maximum atomic E-state index is 3.72. The molecule has 0 amide bonds. The van der Waals surface area contributed by atoms with Gasteiger partial charge in [-0.25, -0.2) is 0 Å². The first kappa shape index (κ1) is 19.7. The lowest BCUT2D eigenvalue weighted by molar-refractivity contribution is 0.331. The van der Waals surface area contributed by atoms with Gasteiger partial charge in [-0.2, -0.15) is 0 Å². The van der Waals surface area contributed by atoms with Gasteiger partial charge in [-0.15, -0.1) is 0 Å². The molecule has 0 aliphatic heterocycles. The highest BCUT2D eigenvalue weighted by atomic mass is 28.3. The fourth-order valence-corrected chi connectivity index (χ4v) is 7.85. The van der Waals surface area contributed by atoms with Crippen LogP contribution in [0.25, 0.3) is 5.70 Å². The lowest BCUT2D eigenvalue weighted by atomic mass is 9.62. The molecule has 26 heavy (non-hydrogen) atoms. The molecule has 2 aliphatic carbocycles. The summed E-state index contributed by atoms with van der Waals surface area (Å²) in [5.41, 5.74) is 10.3. The Morgan fingerprint density at radius 3 is 1.96 bits per heavy atom. The normalized spacial score (nSPS) is 23.7. The molecule has 1 atom stereocenters. The summed E-state index contributed by atoms with van der Waals surface area (Å²) in [6.45, 7) is 17.0. The molecule has 3 heteroatoms. The number of rotatable bonds is 3. The van der Waals surface area contributed by atoms with E-state index in [0.29, 0.717) is 5.54 Å². The lowest BCUT2D eigenvalue weighted by Gasteiger charge is -2.43. The summed E-state index contributed by atoms with van der Waals surface area (Å²) in [5, 5.41) is 0. The molecule has 2 aliphatic rings. The number of fused-ring (bicyclic) bond motifs is 2. The third kappa shape index (κ3) is 2.79. The minimum atomic E-state index is -1.61. The van der Waals surface area contributed by atoms with Crippen molar-refractivity contribution in [1.82, 2.24) is 9.88 Å². The summed E-state index contributed by atoms with van der Waals surface area (Å²) < 4.78 is 0. The molecule has 1 N–H and O–H groups in total. The Morgan fingerprint density at radius 1 is 1.00 bits per heavy atom. The van der Waals surface area contributed by atoms with E-state index in [1.165, 1.54) is 24.1 Å². The van der Waals surface area contributed by atoms with Crippen LogP contribution in [0.15, 0.2) is 17.7 Å². The maximum absolute atomic E-state index is 3.72. The zero-order valence-electron chi connectivity index (χ0n) is 18.6. The second-order valence-corrected chi connectivity index (χ2v) is 15.1. The number of nitrogens with zero attached hydrogens (tertiary/aromatic N) is 1. The summed E-state index contributed by atoms with van der Waals surface area (Å²) in [7, 11) is 4.95. The van der Waals surface area contributed by atoms with Crippen molar-refractivity contribution in [2.45, 2.75) is 76.9 Å². The van der Waals surface area contributed by atoms with Gasteiger partial charge in [0.2, 0.25) is 0 Å². The molecule has 0 radical (unpaired) electrons. The van der Waals surface area contributed by atoms with Crippen LogP contribution in [0.4, 0.5) is 0 Å². The molecule has 144 valence electrons. The Labute approximate surface area is 162 Å². The highest BCUT2D eigenvalue weighted by molar-refractivity contribution is 6.77. The molecule has 0 aromatic heterocycles. The van der Waals surface area contributed by atoms with Crippen molar-refractivity contribution in [1.29, 1.82) is 0 Å². The molecular formula is C23H38N2Si. The Kier molecular flexibility index (Phi) is 4.52. The number of nitrogens with one attached hydrogen (secondary N) is 1. The van der Waals surface area contributed by atoms with Gasteiger partial charge in [0.05, 0.1) is 0 Å². The van der Waals surface area contributed by atoms with Crippen molar-refractivity contribution in [3.63, 3.8) is 0 Å². The molecule has 0 saturated carbocycles. The molecule has 1 aromatic carbocycles. The quantitative estimate of drug-likeness (QED) is 0.718. The third-order valence-corrected chi connectivity index (χ3v) is 10.7. The van der Waals surface area contributed by atoms with Gasteiger partial charge in [-0.1, -0.05) is 46.9 Å². The molecule has 0 heterocycles. The first-order valence-corrected chi connectivity index (χ1v) is 13.2. The van der Waals surface area contributed by atoms with Gasteiger partial charge < -0.3 is 9.88 Å². The number of benzene rings is 1. The average molecular weight is 371 g/mol. The van der Waals surface area contributed by atoms with Gasteiger partial charge in [-0.3, -0.25) is 0 Å². The topological polar surface area (TPSA) is 15.3 Å². The smallest absolute Gasteiger partial charge is 0.130 e. The molecule has 1 unspecified atom stereocenters.